The second kappa shape index (κ2) is 8.39. The summed E-state index contributed by atoms with van der Waals surface area (Å²) in [6, 6.07) is 16.7. The zero-order valence-electron chi connectivity index (χ0n) is 16.0. The summed E-state index contributed by atoms with van der Waals surface area (Å²) >= 11 is 0. The second-order valence-electron chi connectivity index (χ2n) is 6.26. The number of carbonyl (C=O) groups is 2. The van der Waals surface area contributed by atoms with Gasteiger partial charge in [0.1, 0.15) is 17.0 Å². The Morgan fingerprint density at radius 1 is 1.04 bits per heavy atom. The summed E-state index contributed by atoms with van der Waals surface area (Å²) in [7, 11) is 4.79. The topological polar surface area (TPSA) is 73.7 Å². The fourth-order valence-electron chi connectivity index (χ4n) is 2.53. The Kier molecular flexibility index (Phi) is 5.74. The van der Waals surface area contributed by atoms with E-state index in [0.717, 1.165) is 11.3 Å². The number of aromatic nitrogens is 2. The zero-order chi connectivity index (χ0) is 20.1. The van der Waals surface area contributed by atoms with E-state index in [1.54, 1.807) is 44.2 Å². The van der Waals surface area contributed by atoms with Crippen molar-refractivity contribution in [3.63, 3.8) is 0 Å². The van der Waals surface area contributed by atoms with Crippen molar-refractivity contribution < 1.29 is 19.1 Å². The number of amides is 1. The average molecular weight is 379 g/mol. The lowest BCUT2D eigenvalue weighted by Gasteiger charge is -2.10. The van der Waals surface area contributed by atoms with Crippen molar-refractivity contribution in [2.24, 2.45) is 0 Å². The Morgan fingerprint density at radius 3 is 2.32 bits per heavy atom. The van der Waals surface area contributed by atoms with Crippen LogP contribution < -0.4 is 4.74 Å². The van der Waals surface area contributed by atoms with E-state index in [4.69, 9.17) is 9.47 Å². The molecule has 0 spiro atoms. The third-order valence-electron chi connectivity index (χ3n) is 4.14. The summed E-state index contributed by atoms with van der Waals surface area (Å²) in [6.45, 7) is -0.329. The van der Waals surface area contributed by atoms with Gasteiger partial charge < -0.3 is 14.4 Å². The van der Waals surface area contributed by atoms with Crippen LogP contribution in [-0.2, 0) is 9.53 Å². The van der Waals surface area contributed by atoms with Gasteiger partial charge in [-0.25, -0.2) is 9.48 Å². The Hall–Kier alpha value is -3.61. The molecule has 0 aliphatic carbocycles. The van der Waals surface area contributed by atoms with Gasteiger partial charge in [0, 0.05) is 25.9 Å². The molecular formula is C21H21N3O4. The van der Waals surface area contributed by atoms with Crippen LogP contribution in [0.25, 0.3) is 16.9 Å². The third-order valence-corrected chi connectivity index (χ3v) is 4.14. The summed E-state index contributed by atoms with van der Waals surface area (Å²) in [5.41, 5.74) is 2.29. The van der Waals surface area contributed by atoms with Crippen molar-refractivity contribution in [2.75, 3.05) is 27.8 Å². The van der Waals surface area contributed by atoms with E-state index in [9.17, 15) is 9.59 Å². The quantitative estimate of drug-likeness (QED) is 0.616. The highest BCUT2D eigenvalue weighted by Gasteiger charge is 2.21. The zero-order valence-corrected chi connectivity index (χ0v) is 16.0. The lowest BCUT2D eigenvalue weighted by molar-refractivity contribution is -0.131. The first-order chi connectivity index (χ1) is 13.5. The van der Waals surface area contributed by atoms with Crippen LogP contribution in [0.3, 0.4) is 0 Å². The molecule has 0 atom stereocenters. The van der Waals surface area contributed by atoms with E-state index in [1.165, 1.54) is 4.90 Å². The number of para-hydroxylation sites is 1. The van der Waals surface area contributed by atoms with Crippen molar-refractivity contribution in [1.29, 1.82) is 0 Å². The van der Waals surface area contributed by atoms with E-state index in [2.05, 4.69) is 5.10 Å². The molecule has 0 unspecified atom stereocenters. The largest absolute Gasteiger partial charge is 0.497 e. The fraction of sp³-hybridized carbons (Fsp3) is 0.190. The number of ether oxygens (including phenoxy) is 2. The Labute approximate surface area is 163 Å². The van der Waals surface area contributed by atoms with Gasteiger partial charge in [-0.3, -0.25) is 4.79 Å². The molecule has 1 aromatic heterocycles. The molecule has 2 aromatic carbocycles. The van der Waals surface area contributed by atoms with Gasteiger partial charge in [-0.15, -0.1) is 0 Å². The van der Waals surface area contributed by atoms with Crippen molar-refractivity contribution in [1.82, 2.24) is 14.7 Å². The number of hydrogen-bond acceptors (Lipinski definition) is 5. The molecule has 0 fully saturated rings. The van der Waals surface area contributed by atoms with Crippen molar-refractivity contribution >= 4 is 11.9 Å². The highest BCUT2D eigenvalue weighted by molar-refractivity contribution is 5.97. The highest BCUT2D eigenvalue weighted by atomic mass is 16.5. The predicted octanol–water partition coefficient (Wildman–Crippen LogP) is 2.79. The Bertz CT molecular complexity index is 963. The molecule has 1 heterocycles. The number of benzene rings is 2. The Balaban J connectivity index is 1.97. The molecule has 7 nitrogen and oxygen atoms in total. The van der Waals surface area contributed by atoms with Crippen LogP contribution in [0.4, 0.5) is 0 Å². The van der Waals surface area contributed by atoms with Gasteiger partial charge in [0.2, 0.25) is 0 Å². The number of likely N-dealkylation sites (N-methyl/N-ethyl adjacent to an activating group) is 1. The molecule has 28 heavy (non-hydrogen) atoms. The molecule has 144 valence electrons. The first kappa shape index (κ1) is 19.2. The number of carbonyl (C=O) groups excluding carboxylic acids is 2. The summed E-state index contributed by atoms with van der Waals surface area (Å²) in [6.07, 6.45) is 1.61. The van der Waals surface area contributed by atoms with E-state index >= 15 is 0 Å². The maximum Gasteiger partial charge on any atom is 0.342 e. The minimum absolute atomic E-state index is 0.278. The van der Waals surface area contributed by atoms with Gasteiger partial charge in [0.25, 0.3) is 5.91 Å². The van der Waals surface area contributed by atoms with Gasteiger partial charge in [0.05, 0.1) is 12.8 Å². The molecule has 0 aliphatic heterocycles. The van der Waals surface area contributed by atoms with Crippen molar-refractivity contribution in [2.45, 2.75) is 0 Å². The summed E-state index contributed by atoms with van der Waals surface area (Å²) in [5.74, 6) is -0.204. The lowest BCUT2D eigenvalue weighted by Crippen LogP contribution is -2.27. The van der Waals surface area contributed by atoms with Crippen LogP contribution in [0.5, 0.6) is 5.75 Å². The van der Waals surface area contributed by atoms with Crippen molar-refractivity contribution in [3.05, 3.63) is 66.4 Å². The van der Waals surface area contributed by atoms with Gasteiger partial charge >= 0.3 is 5.97 Å². The number of hydrogen-bond donors (Lipinski definition) is 0. The Morgan fingerprint density at radius 2 is 1.71 bits per heavy atom. The van der Waals surface area contributed by atoms with Gasteiger partial charge in [0.15, 0.2) is 6.61 Å². The summed E-state index contributed by atoms with van der Waals surface area (Å²) in [4.78, 5) is 25.8. The lowest BCUT2D eigenvalue weighted by atomic mass is 10.1. The standard InChI is InChI=1S/C21H21N3O4/c1-23(2)19(25)14-28-21(26)18-13-24(16-7-5-4-6-8-16)22-20(18)15-9-11-17(27-3)12-10-15/h4-13H,14H2,1-3H3. The maximum absolute atomic E-state index is 12.7. The van der Waals surface area contributed by atoms with E-state index in [0.29, 0.717) is 11.4 Å². The first-order valence-corrected chi connectivity index (χ1v) is 8.66. The SMILES string of the molecule is COc1ccc(-c2nn(-c3ccccc3)cc2C(=O)OCC(=O)N(C)C)cc1. The molecule has 7 heteroatoms. The maximum atomic E-state index is 12.7. The van der Waals surface area contributed by atoms with Crippen LogP contribution in [0.1, 0.15) is 10.4 Å². The molecule has 0 saturated carbocycles. The highest BCUT2D eigenvalue weighted by Crippen LogP contribution is 2.26. The van der Waals surface area contributed by atoms with Crippen LogP contribution in [0, 0.1) is 0 Å². The van der Waals surface area contributed by atoms with Crippen LogP contribution in [-0.4, -0.2) is 54.4 Å². The smallest absolute Gasteiger partial charge is 0.342 e. The summed E-state index contributed by atoms with van der Waals surface area (Å²) in [5, 5.41) is 4.57. The molecule has 3 aromatic rings. The monoisotopic (exact) mass is 379 g/mol. The minimum atomic E-state index is -0.608. The van der Waals surface area contributed by atoms with Gasteiger partial charge in [-0.05, 0) is 36.4 Å². The number of rotatable bonds is 6. The van der Waals surface area contributed by atoms with E-state index in [1.807, 2.05) is 42.5 Å². The molecule has 0 N–H and O–H groups in total. The first-order valence-electron chi connectivity index (χ1n) is 8.66. The van der Waals surface area contributed by atoms with E-state index in [-0.39, 0.29) is 18.1 Å². The average Bonchev–Trinajstić information content (AvgIpc) is 3.18. The fourth-order valence-corrected chi connectivity index (χ4v) is 2.53. The third kappa shape index (κ3) is 4.20. The van der Waals surface area contributed by atoms with Gasteiger partial charge in [-0.1, -0.05) is 18.2 Å². The predicted molar refractivity (Wildman–Crippen MR) is 105 cm³/mol. The van der Waals surface area contributed by atoms with E-state index < -0.39 is 5.97 Å². The van der Waals surface area contributed by atoms with Gasteiger partial charge in [-0.2, -0.15) is 5.10 Å². The molecule has 0 saturated heterocycles. The molecule has 1 amide bonds. The molecular weight excluding hydrogens is 358 g/mol. The number of esters is 1. The van der Waals surface area contributed by atoms with Crippen LogP contribution in [0.2, 0.25) is 0 Å². The molecule has 0 bridgehead atoms. The summed E-state index contributed by atoms with van der Waals surface area (Å²) < 4.78 is 12.0. The molecule has 0 radical (unpaired) electrons. The van der Waals surface area contributed by atoms with Crippen LogP contribution >= 0.6 is 0 Å². The molecule has 0 aliphatic rings. The van der Waals surface area contributed by atoms with Crippen molar-refractivity contribution in [3.8, 4) is 22.7 Å². The number of methoxy groups -OCH3 is 1. The minimum Gasteiger partial charge on any atom is -0.497 e. The molecule has 3 rings (SSSR count). The second-order valence-corrected chi connectivity index (χ2v) is 6.26. The van der Waals surface area contributed by atoms with Crippen LogP contribution in [0.15, 0.2) is 60.8 Å². The normalized spacial score (nSPS) is 10.4. The number of nitrogens with zero attached hydrogens (tertiary/aromatic N) is 3.